The van der Waals surface area contributed by atoms with E-state index in [9.17, 15) is 17.9 Å². The van der Waals surface area contributed by atoms with Crippen molar-refractivity contribution in [2.24, 2.45) is 11.8 Å². The zero-order valence-electron chi connectivity index (χ0n) is 16.2. The number of ether oxygens (including phenoxy) is 1. The van der Waals surface area contributed by atoms with Crippen LogP contribution in [-0.4, -0.2) is 26.7 Å². The molecule has 7 heteroatoms. The van der Waals surface area contributed by atoms with E-state index < -0.39 is 32.1 Å². The Hall–Kier alpha value is -1.99. The highest BCUT2D eigenvalue weighted by Crippen LogP contribution is 2.58. The van der Waals surface area contributed by atoms with Gasteiger partial charge in [-0.2, -0.15) is 0 Å². The van der Waals surface area contributed by atoms with Gasteiger partial charge in [0, 0.05) is 12.5 Å². The summed E-state index contributed by atoms with van der Waals surface area (Å²) in [5, 5.41) is 9.51. The predicted molar refractivity (Wildman–Crippen MR) is 104 cm³/mol. The van der Waals surface area contributed by atoms with Gasteiger partial charge in [-0.25, -0.2) is 17.2 Å². The summed E-state index contributed by atoms with van der Waals surface area (Å²) in [5.41, 5.74) is 0.710. The first kappa shape index (κ1) is 20.3. The van der Waals surface area contributed by atoms with Crippen molar-refractivity contribution in [3.05, 3.63) is 59.2 Å². The molecule has 3 atom stereocenters. The van der Waals surface area contributed by atoms with Crippen molar-refractivity contribution < 1.29 is 27.0 Å². The number of halogens is 2. The molecule has 4 nitrogen and oxygen atoms in total. The fourth-order valence-electron chi connectivity index (χ4n) is 5.12. The lowest BCUT2D eigenvalue weighted by molar-refractivity contribution is 0.0615. The van der Waals surface area contributed by atoms with Crippen LogP contribution in [0.4, 0.5) is 8.78 Å². The molecule has 0 bridgehead atoms. The Morgan fingerprint density at radius 2 is 1.83 bits per heavy atom. The molecule has 1 saturated carbocycles. The molecule has 1 aliphatic heterocycles. The third kappa shape index (κ3) is 2.97. The maximum atomic E-state index is 15.1. The van der Waals surface area contributed by atoms with Gasteiger partial charge in [-0.1, -0.05) is 24.1 Å². The molecule has 0 unspecified atom stereocenters. The van der Waals surface area contributed by atoms with Gasteiger partial charge in [-0.3, -0.25) is 0 Å². The van der Waals surface area contributed by atoms with Crippen LogP contribution < -0.4 is 4.74 Å². The van der Waals surface area contributed by atoms with E-state index in [0.717, 1.165) is 17.7 Å². The van der Waals surface area contributed by atoms with Crippen molar-refractivity contribution in [3.63, 3.8) is 0 Å². The highest BCUT2D eigenvalue weighted by atomic mass is 32.2. The zero-order valence-corrected chi connectivity index (χ0v) is 17.0. The van der Waals surface area contributed by atoms with Crippen LogP contribution in [0.15, 0.2) is 41.3 Å². The minimum atomic E-state index is -4.07. The molecule has 156 valence electrons. The number of benzene rings is 2. The molecule has 2 aromatic rings. The van der Waals surface area contributed by atoms with Gasteiger partial charge < -0.3 is 9.84 Å². The molecule has 0 radical (unpaired) electrons. The molecule has 1 heterocycles. The fraction of sp³-hybridized carbons (Fsp3) is 0.455. The average molecular weight is 422 g/mol. The number of rotatable bonds is 4. The van der Waals surface area contributed by atoms with Crippen LogP contribution in [0.25, 0.3) is 0 Å². The van der Waals surface area contributed by atoms with Gasteiger partial charge in [0.25, 0.3) is 0 Å². The molecule has 2 aliphatic rings. The Morgan fingerprint density at radius 1 is 1.14 bits per heavy atom. The van der Waals surface area contributed by atoms with Crippen molar-refractivity contribution in [3.8, 4) is 5.75 Å². The Labute approximate surface area is 169 Å². The van der Waals surface area contributed by atoms with Crippen LogP contribution in [0.3, 0.4) is 0 Å². The first-order chi connectivity index (χ1) is 13.8. The SMILES string of the molecule is Cc1ccc(S(=O)(=O)[C@@]23CCC[C@@H](CCO)[C@@H]2COc2c(F)ccc(F)c23)cc1. The van der Waals surface area contributed by atoms with Gasteiger partial charge in [-0.05, 0) is 56.4 Å². The van der Waals surface area contributed by atoms with Crippen LogP contribution in [0.2, 0.25) is 0 Å². The average Bonchev–Trinajstić information content (AvgIpc) is 2.71. The molecule has 1 fully saturated rings. The van der Waals surface area contributed by atoms with Crippen molar-refractivity contribution in [1.29, 1.82) is 0 Å². The Morgan fingerprint density at radius 3 is 2.52 bits per heavy atom. The number of hydrogen-bond acceptors (Lipinski definition) is 4. The quantitative estimate of drug-likeness (QED) is 0.805. The van der Waals surface area contributed by atoms with Crippen molar-refractivity contribution in [2.75, 3.05) is 13.2 Å². The van der Waals surface area contributed by atoms with Gasteiger partial charge in [0.2, 0.25) is 0 Å². The summed E-state index contributed by atoms with van der Waals surface area (Å²) in [6, 6.07) is 8.40. The Balaban J connectivity index is 2.01. The summed E-state index contributed by atoms with van der Waals surface area (Å²) in [6.07, 6.45) is 1.84. The van der Waals surface area contributed by atoms with E-state index in [1.54, 1.807) is 12.1 Å². The van der Waals surface area contributed by atoms with Crippen LogP contribution in [0.1, 0.15) is 36.8 Å². The minimum Gasteiger partial charge on any atom is -0.490 e. The summed E-state index contributed by atoms with van der Waals surface area (Å²) in [4.78, 5) is 0.0919. The second-order valence-electron chi connectivity index (χ2n) is 8.02. The molecule has 2 aromatic carbocycles. The predicted octanol–water partition coefficient (Wildman–Crippen LogP) is 4.13. The van der Waals surface area contributed by atoms with E-state index in [1.807, 2.05) is 6.92 Å². The van der Waals surface area contributed by atoms with Gasteiger partial charge >= 0.3 is 0 Å². The standard InChI is InChI=1S/C22H24F2O4S/c1-14-4-6-16(7-5-14)29(26,27)22-11-2-3-15(10-12-25)17(22)13-28-21-19(24)9-8-18(23)20(21)22/h4-9,15,17,25H,2-3,10-13H2,1H3/t15-,17-,22-/m0/s1. The van der Waals surface area contributed by atoms with Gasteiger partial charge in [0.15, 0.2) is 21.4 Å². The monoisotopic (exact) mass is 422 g/mol. The first-order valence-electron chi connectivity index (χ1n) is 9.86. The molecule has 29 heavy (non-hydrogen) atoms. The van der Waals surface area contributed by atoms with E-state index in [2.05, 4.69) is 0 Å². The van der Waals surface area contributed by atoms with Gasteiger partial charge in [-0.15, -0.1) is 0 Å². The summed E-state index contributed by atoms with van der Waals surface area (Å²) < 4.78 is 61.7. The molecular formula is C22H24F2O4S. The van der Waals surface area contributed by atoms with Crippen LogP contribution >= 0.6 is 0 Å². The Bertz CT molecular complexity index is 1020. The minimum absolute atomic E-state index is 0.0247. The lowest BCUT2D eigenvalue weighted by atomic mass is 9.66. The van der Waals surface area contributed by atoms with E-state index >= 15 is 4.39 Å². The van der Waals surface area contributed by atoms with E-state index in [4.69, 9.17) is 4.74 Å². The summed E-state index contributed by atoms with van der Waals surface area (Å²) in [6.45, 7) is 1.73. The number of aliphatic hydroxyl groups is 1. The normalized spacial score (nSPS) is 26.3. The summed E-state index contributed by atoms with van der Waals surface area (Å²) in [5.74, 6) is -2.57. The number of sulfone groups is 1. The van der Waals surface area contributed by atoms with E-state index in [0.29, 0.717) is 19.3 Å². The molecule has 1 aliphatic carbocycles. The summed E-state index contributed by atoms with van der Waals surface area (Å²) >= 11 is 0. The maximum Gasteiger partial charge on any atom is 0.188 e. The second kappa shape index (κ2) is 7.36. The maximum absolute atomic E-state index is 15.1. The molecule has 1 N–H and O–H groups in total. The van der Waals surface area contributed by atoms with Crippen LogP contribution in [0, 0.1) is 30.4 Å². The van der Waals surface area contributed by atoms with Gasteiger partial charge in [0.1, 0.15) is 10.6 Å². The number of hydrogen-bond donors (Lipinski definition) is 1. The van der Waals surface area contributed by atoms with Crippen LogP contribution in [-0.2, 0) is 14.6 Å². The molecular weight excluding hydrogens is 398 g/mol. The lowest BCUT2D eigenvalue weighted by Crippen LogP contribution is -2.54. The fourth-order valence-corrected chi connectivity index (χ4v) is 7.57. The van der Waals surface area contributed by atoms with Crippen molar-refractivity contribution in [2.45, 2.75) is 42.2 Å². The molecule has 0 saturated heterocycles. The largest absolute Gasteiger partial charge is 0.490 e. The molecule has 4 rings (SSSR count). The van der Waals surface area contributed by atoms with E-state index in [1.165, 1.54) is 12.1 Å². The highest BCUT2D eigenvalue weighted by molar-refractivity contribution is 7.92. The first-order valence-corrected chi connectivity index (χ1v) is 11.3. The number of aliphatic hydroxyl groups excluding tert-OH is 1. The van der Waals surface area contributed by atoms with Crippen molar-refractivity contribution in [1.82, 2.24) is 0 Å². The molecule has 0 aromatic heterocycles. The third-order valence-electron chi connectivity index (χ3n) is 6.49. The summed E-state index contributed by atoms with van der Waals surface area (Å²) in [7, 11) is -4.07. The van der Waals surface area contributed by atoms with Crippen molar-refractivity contribution >= 4 is 9.84 Å². The number of aryl methyl sites for hydroxylation is 1. The van der Waals surface area contributed by atoms with Gasteiger partial charge in [0.05, 0.1) is 17.1 Å². The topological polar surface area (TPSA) is 63.6 Å². The highest BCUT2D eigenvalue weighted by Gasteiger charge is 2.60. The smallest absolute Gasteiger partial charge is 0.188 e. The zero-order chi connectivity index (χ0) is 20.8. The molecule has 0 spiro atoms. The third-order valence-corrected chi connectivity index (χ3v) is 9.05. The van der Waals surface area contributed by atoms with E-state index in [-0.39, 0.29) is 41.8 Å². The second-order valence-corrected chi connectivity index (χ2v) is 10.2. The van der Waals surface area contributed by atoms with Crippen LogP contribution in [0.5, 0.6) is 5.75 Å². The lowest BCUT2D eigenvalue weighted by Gasteiger charge is -2.50. The number of fused-ring (bicyclic) bond motifs is 3. The molecule has 0 amide bonds. The Kier molecular flexibility index (Phi) is 5.15.